The van der Waals surface area contributed by atoms with E-state index in [-0.39, 0.29) is 0 Å². The Labute approximate surface area is 92.5 Å². The minimum absolute atomic E-state index is 0.401. The molecule has 0 bridgehead atoms. The molecule has 0 aromatic heterocycles. The zero-order chi connectivity index (χ0) is 10.1. The zero-order valence-electron chi connectivity index (χ0n) is 7.33. The number of hydrogen-bond donors (Lipinski definition) is 1. The van der Waals surface area contributed by atoms with Crippen LogP contribution in [0.25, 0.3) is 10.8 Å². The number of fused-ring (bicyclic) bond motifs is 1. The van der Waals surface area contributed by atoms with Gasteiger partial charge in [0.1, 0.15) is 4.99 Å². The molecular weight excluding hydrogens is 214 g/mol. The van der Waals surface area contributed by atoms with Crippen molar-refractivity contribution in [3.8, 4) is 0 Å². The fraction of sp³-hybridized carbons (Fsp3) is 0. The Kier molecular flexibility index (Phi) is 2.40. The van der Waals surface area contributed by atoms with Crippen LogP contribution in [0.3, 0.4) is 0 Å². The first-order chi connectivity index (χ1) is 6.70. The Morgan fingerprint density at radius 3 is 2.43 bits per heavy atom. The summed E-state index contributed by atoms with van der Waals surface area (Å²) >= 11 is 11.0. The Hall–Kier alpha value is -1.12. The second-order valence-corrected chi connectivity index (χ2v) is 3.85. The maximum absolute atomic E-state index is 6.05. The molecule has 3 heteroatoms. The van der Waals surface area contributed by atoms with E-state index >= 15 is 0 Å². The van der Waals surface area contributed by atoms with Gasteiger partial charge in [0, 0.05) is 16.0 Å². The molecule has 0 saturated heterocycles. The van der Waals surface area contributed by atoms with Crippen LogP contribution in [0.1, 0.15) is 5.56 Å². The second-order valence-electron chi connectivity index (χ2n) is 3.00. The maximum Gasteiger partial charge on any atom is 0.104 e. The third-order valence-electron chi connectivity index (χ3n) is 2.13. The van der Waals surface area contributed by atoms with Crippen LogP contribution in [0.4, 0.5) is 0 Å². The highest BCUT2D eigenvalue weighted by Gasteiger charge is 2.04. The van der Waals surface area contributed by atoms with Gasteiger partial charge in [0.15, 0.2) is 0 Å². The number of nitrogens with two attached hydrogens (primary N) is 1. The van der Waals surface area contributed by atoms with E-state index in [0.29, 0.717) is 4.99 Å². The van der Waals surface area contributed by atoms with Gasteiger partial charge in [0.05, 0.1) is 0 Å². The van der Waals surface area contributed by atoms with Crippen LogP contribution in [-0.4, -0.2) is 4.99 Å². The molecule has 70 valence electrons. The minimum atomic E-state index is 0.401. The summed E-state index contributed by atoms with van der Waals surface area (Å²) in [6, 6.07) is 11.5. The molecule has 0 atom stereocenters. The van der Waals surface area contributed by atoms with Crippen LogP contribution >= 0.6 is 23.8 Å². The highest BCUT2D eigenvalue weighted by atomic mass is 35.5. The van der Waals surface area contributed by atoms with Crippen LogP contribution < -0.4 is 5.73 Å². The smallest absolute Gasteiger partial charge is 0.104 e. The molecule has 0 spiro atoms. The van der Waals surface area contributed by atoms with Gasteiger partial charge in [0.2, 0.25) is 0 Å². The number of thiocarbonyl (C=S) groups is 1. The van der Waals surface area contributed by atoms with Crippen molar-refractivity contribution in [3.05, 3.63) is 47.0 Å². The highest BCUT2D eigenvalue weighted by molar-refractivity contribution is 7.80. The standard InChI is InChI=1S/C11H8ClNS/c12-10-6-2-3-7-8(10)4-1-5-9(7)11(13)14/h1-6H,(H2,13,14). The lowest BCUT2D eigenvalue weighted by Gasteiger charge is -2.05. The average Bonchev–Trinajstić information content (AvgIpc) is 2.17. The summed E-state index contributed by atoms with van der Waals surface area (Å²) in [6.07, 6.45) is 0. The maximum atomic E-state index is 6.05. The highest BCUT2D eigenvalue weighted by Crippen LogP contribution is 2.25. The largest absolute Gasteiger partial charge is 0.389 e. The van der Waals surface area contributed by atoms with Crippen LogP contribution in [0, 0.1) is 0 Å². The first-order valence-electron chi connectivity index (χ1n) is 4.17. The van der Waals surface area contributed by atoms with E-state index in [1.165, 1.54) is 0 Å². The van der Waals surface area contributed by atoms with E-state index in [4.69, 9.17) is 29.6 Å². The van der Waals surface area contributed by atoms with Crippen LogP contribution in [-0.2, 0) is 0 Å². The van der Waals surface area contributed by atoms with Crippen molar-refractivity contribution in [3.63, 3.8) is 0 Å². The van der Waals surface area contributed by atoms with Crippen molar-refractivity contribution >= 4 is 39.6 Å². The van der Waals surface area contributed by atoms with E-state index in [1.54, 1.807) is 0 Å². The lowest BCUT2D eigenvalue weighted by Crippen LogP contribution is -2.09. The predicted molar refractivity (Wildman–Crippen MR) is 64.8 cm³/mol. The molecule has 2 aromatic carbocycles. The SMILES string of the molecule is NC(=S)c1cccc2c(Cl)cccc12. The van der Waals surface area contributed by atoms with Gasteiger partial charge < -0.3 is 5.73 Å². The first-order valence-corrected chi connectivity index (χ1v) is 4.96. The molecule has 0 saturated carbocycles. The van der Waals surface area contributed by atoms with Crippen molar-refractivity contribution in [2.24, 2.45) is 5.73 Å². The second kappa shape index (κ2) is 3.56. The number of halogens is 1. The number of benzene rings is 2. The summed E-state index contributed by atoms with van der Waals surface area (Å²) in [7, 11) is 0. The molecule has 0 aliphatic rings. The van der Waals surface area contributed by atoms with Crippen LogP contribution in [0.2, 0.25) is 5.02 Å². The molecular formula is C11H8ClNS. The van der Waals surface area contributed by atoms with E-state index in [1.807, 2.05) is 36.4 Å². The molecule has 0 aliphatic carbocycles. The van der Waals surface area contributed by atoms with Gasteiger partial charge in [-0.15, -0.1) is 0 Å². The molecule has 0 unspecified atom stereocenters. The van der Waals surface area contributed by atoms with Crippen molar-refractivity contribution < 1.29 is 0 Å². The van der Waals surface area contributed by atoms with Crippen molar-refractivity contribution in [1.82, 2.24) is 0 Å². The number of hydrogen-bond acceptors (Lipinski definition) is 1. The molecule has 0 fully saturated rings. The molecule has 0 aliphatic heterocycles. The fourth-order valence-electron chi connectivity index (χ4n) is 1.49. The Bertz CT molecular complexity index is 508. The van der Waals surface area contributed by atoms with Crippen molar-refractivity contribution in [1.29, 1.82) is 0 Å². The summed E-state index contributed by atoms with van der Waals surface area (Å²) in [4.78, 5) is 0.401. The van der Waals surface area contributed by atoms with Gasteiger partial charge in [-0.25, -0.2) is 0 Å². The normalized spacial score (nSPS) is 10.4. The third kappa shape index (κ3) is 1.47. The summed E-state index contributed by atoms with van der Waals surface area (Å²) in [6.45, 7) is 0. The lowest BCUT2D eigenvalue weighted by atomic mass is 10.0. The Morgan fingerprint density at radius 1 is 1.07 bits per heavy atom. The van der Waals surface area contributed by atoms with Crippen LogP contribution in [0.15, 0.2) is 36.4 Å². The Morgan fingerprint density at radius 2 is 1.71 bits per heavy atom. The molecule has 0 heterocycles. The molecule has 2 N–H and O–H groups in total. The quantitative estimate of drug-likeness (QED) is 0.749. The summed E-state index contributed by atoms with van der Waals surface area (Å²) < 4.78 is 0. The van der Waals surface area contributed by atoms with Gasteiger partial charge in [-0.3, -0.25) is 0 Å². The van der Waals surface area contributed by atoms with Gasteiger partial charge in [-0.1, -0.05) is 54.2 Å². The molecule has 14 heavy (non-hydrogen) atoms. The minimum Gasteiger partial charge on any atom is -0.389 e. The van der Waals surface area contributed by atoms with Gasteiger partial charge in [0.25, 0.3) is 0 Å². The van der Waals surface area contributed by atoms with E-state index in [0.717, 1.165) is 21.4 Å². The summed E-state index contributed by atoms with van der Waals surface area (Å²) in [5, 5.41) is 2.72. The molecule has 2 rings (SSSR count). The molecule has 0 radical (unpaired) electrons. The first kappa shape index (κ1) is 9.44. The van der Waals surface area contributed by atoms with Crippen molar-refractivity contribution in [2.75, 3.05) is 0 Å². The molecule has 0 amide bonds. The van der Waals surface area contributed by atoms with Crippen molar-refractivity contribution in [2.45, 2.75) is 0 Å². The summed E-state index contributed by atoms with van der Waals surface area (Å²) in [5.74, 6) is 0. The van der Waals surface area contributed by atoms with E-state index in [9.17, 15) is 0 Å². The molecule has 1 nitrogen and oxygen atoms in total. The van der Waals surface area contributed by atoms with E-state index in [2.05, 4.69) is 0 Å². The Balaban J connectivity index is 2.88. The molecule has 2 aromatic rings. The third-order valence-corrected chi connectivity index (χ3v) is 2.68. The topological polar surface area (TPSA) is 26.0 Å². The summed E-state index contributed by atoms with van der Waals surface area (Å²) in [5.41, 5.74) is 6.49. The van der Waals surface area contributed by atoms with Gasteiger partial charge in [-0.05, 0) is 11.5 Å². The fourth-order valence-corrected chi connectivity index (χ4v) is 1.90. The van der Waals surface area contributed by atoms with Crippen LogP contribution in [0.5, 0.6) is 0 Å². The monoisotopic (exact) mass is 221 g/mol. The predicted octanol–water partition coefficient (Wildman–Crippen LogP) is 3.13. The number of rotatable bonds is 1. The lowest BCUT2D eigenvalue weighted by molar-refractivity contribution is 1.67. The zero-order valence-corrected chi connectivity index (χ0v) is 8.90. The van der Waals surface area contributed by atoms with Gasteiger partial charge in [-0.2, -0.15) is 0 Å². The van der Waals surface area contributed by atoms with Gasteiger partial charge >= 0.3 is 0 Å². The average molecular weight is 222 g/mol. The van der Waals surface area contributed by atoms with E-state index < -0.39 is 0 Å².